The highest BCUT2D eigenvalue weighted by Crippen LogP contribution is 2.42. The molecule has 0 bridgehead atoms. The second kappa shape index (κ2) is 6.38. The van der Waals surface area contributed by atoms with Gasteiger partial charge in [-0.25, -0.2) is 4.68 Å². The molecule has 2 atom stereocenters. The van der Waals surface area contributed by atoms with Gasteiger partial charge in [0.25, 0.3) is 0 Å². The molecule has 0 unspecified atom stereocenters. The maximum absolute atomic E-state index is 5.70. The highest BCUT2D eigenvalue weighted by atomic mass is 32.2. The van der Waals surface area contributed by atoms with Gasteiger partial charge in [0, 0.05) is 11.9 Å². The lowest BCUT2D eigenvalue weighted by atomic mass is 9.91. The Morgan fingerprint density at radius 1 is 1.23 bits per heavy atom. The summed E-state index contributed by atoms with van der Waals surface area (Å²) in [5.74, 6) is 0. The summed E-state index contributed by atoms with van der Waals surface area (Å²) in [6.07, 6.45) is 6.13. The zero-order valence-corrected chi connectivity index (χ0v) is 13.3. The fraction of sp³-hybridized carbons (Fsp3) is 0.562. The van der Waals surface area contributed by atoms with E-state index in [1.54, 1.807) is 11.8 Å². The average Bonchev–Trinajstić information content (AvgIpc) is 3.21. The van der Waals surface area contributed by atoms with E-state index in [0.717, 1.165) is 31.1 Å². The van der Waals surface area contributed by atoms with Gasteiger partial charge in [-0.2, -0.15) is 0 Å². The maximum Gasteiger partial charge on any atom is 0.209 e. The fourth-order valence-corrected chi connectivity index (χ4v) is 4.55. The van der Waals surface area contributed by atoms with Crippen LogP contribution in [0.15, 0.2) is 29.4 Å². The Hall–Kier alpha value is -1.40. The standard InChI is InChI=1S/C16H20N4OS/c1-2-8-14-12(5-1)6-3-9-15(14)22-16-17-18-19-20(16)11-13-7-4-10-21-13/h1-2,5,8,13,15H,3-4,6-7,9-11H2/t13-,15-/m1/s1. The lowest BCUT2D eigenvalue weighted by Crippen LogP contribution is -2.17. The van der Waals surface area contributed by atoms with Crippen LogP contribution in [0.25, 0.3) is 0 Å². The van der Waals surface area contributed by atoms with Crippen LogP contribution >= 0.6 is 11.8 Å². The minimum atomic E-state index is 0.265. The predicted octanol–water partition coefficient (Wildman–Crippen LogP) is 3.02. The van der Waals surface area contributed by atoms with Crippen LogP contribution in [0.3, 0.4) is 0 Å². The third-order valence-corrected chi connectivity index (χ3v) is 5.74. The molecular weight excluding hydrogens is 296 g/mol. The molecule has 22 heavy (non-hydrogen) atoms. The van der Waals surface area contributed by atoms with Crippen molar-refractivity contribution in [2.24, 2.45) is 0 Å². The molecular formula is C16H20N4OS. The molecule has 1 aromatic carbocycles. The van der Waals surface area contributed by atoms with Crippen molar-refractivity contribution in [3.05, 3.63) is 35.4 Å². The van der Waals surface area contributed by atoms with E-state index in [0.29, 0.717) is 5.25 Å². The lowest BCUT2D eigenvalue weighted by Gasteiger charge is -2.24. The van der Waals surface area contributed by atoms with Crippen molar-refractivity contribution < 1.29 is 4.74 Å². The minimum absolute atomic E-state index is 0.265. The zero-order chi connectivity index (χ0) is 14.8. The number of ether oxygens (including phenoxy) is 1. The summed E-state index contributed by atoms with van der Waals surface area (Å²) < 4.78 is 7.62. The largest absolute Gasteiger partial charge is 0.376 e. The summed E-state index contributed by atoms with van der Waals surface area (Å²) >= 11 is 1.80. The van der Waals surface area contributed by atoms with Crippen molar-refractivity contribution >= 4 is 11.8 Å². The normalized spacial score (nSPS) is 24.4. The van der Waals surface area contributed by atoms with Crippen molar-refractivity contribution in [2.45, 2.75) is 55.2 Å². The van der Waals surface area contributed by atoms with E-state index in [1.165, 1.54) is 30.4 Å². The van der Waals surface area contributed by atoms with Crippen LogP contribution in [0.1, 0.15) is 42.1 Å². The quantitative estimate of drug-likeness (QED) is 0.868. The van der Waals surface area contributed by atoms with E-state index in [4.69, 9.17) is 4.74 Å². The van der Waals surface area contributed by atoms with Gasteiger partial charge in [-0.05, 0) is 53.7 Å². The molecule has 1 aliphatic carbocycles. The number of hydrogen-bond donors (Lipinski definition) is 0. The number of aryl methyl sites for hydroxylation is 1. The molecule has 5 nitrogen and oxygen atoms in total. The number of benzene rings is 1. The van der Waals surface area contributed by atoms with Gasteiger partial charge in [-0.3, -0.25) is 0 Å². The summed E-state index contributed by atoms with van der Waals surface area (Å²) in [5, 5.41) is 13.6. The van der Waals surface area contributed by atoms with E-state index in [1.807, 2.05) is 4.68 Å². The number of nitrogens with zero attached hydrogens (tertiary/aromatic N) is 4. The van der Waals surface area contributed by atoms with E-state index < -0.39 is 0 Å². The molecule has 0 saturated carbocycles. The molecule has 6 heteroatoms. The van der Waals surface area contributed by atoms with E-state index in [-0.39, 0.29) is 6.10 Å². The molecule has 1 aromatic heterocycles. The summed E-state index contributed by atoms with van der Waals surface area (Å²) in [6.45, 7) is 1.63. The molecule has 0 amide bonds. The lowest BCUT2D eigenvalue weighted by molar-refractivity contribution is 0.0911. The van der Waals surface area contributed by atoms with Gasteiger partial charge in [0.15, 0.2) is 0 Å². The highest BCUT2D eigenvalue weighted by Gasteiger charge is 2.24. The van der Waals surface area contributed by atoms with Crippen molar-refractivity contribution in [3.8, 4) is 0 Å². The van der Waals surface area contributed by atoms with Crippen molar-refractivity contribution in [2.75, 3.05) is 6.61 Å². The van der Waals surface area contributed by atoms with Gasteiger partial charge in [0.2, 0.25) is 5.16 Å². The van der Waals surface area contributed by atoms with Crippen LogP contribution in [0.4, 0.5) is 0 Å². The third-order valence-electron chi connectivity index (χ3n) is 4.46. The Kier molecular flexibility index (Phi) is 4.12. The SMILES string of the molecule is c1ccc2c(c1)CCC[C@H]2Sc1nnnn1C[C@H]1CCCO1. The van der Waals surface area contributed by atoms with Gasteiger partial charge in [0.1, 0.15) is 0 Å². The molecule has 1 fully saturated rings. The first kappa shape index (κ1) is 14.2. The monoisotopic (exact) mass is 316 g/mol. The first-order valence-corrected chi connectivity index (χ1v) is 8.90. The smallest absolute Gasteiger partial charge is 0.209 e. The Morgan fingerprint density at radius 3 is 3.09 bits per heavy atom. The zero-order valence-electron chi connectivity index (χ0n) is 12.5. The average molecular weight is 316 g/mol. The third kappa shape index (κ3) is 2.90. The van der Waals surface area contributed by atoms with E-state index in [2.05, 4.69) is 39.8 Å². The topological polar surface area (TPSA) is 52.8 Å². The number of rotatable bonds is 4. The fourth-order valence-electron chi connectivity index (χ4n) is 3.34. The number of hydrogen-bond acceptors (Lipinski definition) is 5. The van der Waals surface area contributed by atoms with Crippen molar-refractivity contribution in [1.29, 1.82) is 0 Å². The summed E-state index contributed by atoms with van der Waals surface area (Å²) in [6, 6.07) is 8.76. The Morgan fingerprint density at radius 2 is 2.18 bits per heavy atom. The molecule has 2 heterocycles. The van der Waals surface area contributed by atoms with Gasteiger partial charge in [-0.15, -0.1) is 5.10 Å². The second-order valence-corrected chi connectivity index (χ2v) is 7.15. The second-order valence-electron chi connectivity index (χ2n) is 5.98. The molecule has 0 radical (unpaired) electrons. The van der Waals surface area contributed by atoms with Crippen LogP contribution in [0.2, 0.25) is 0 Å². The summed E-state index contributed by atoms with van der Waals surface area (Å²) in [5.41, 5.74) is 2.93. The number of tetrazole rings is 1. The van der Waals surface area contributed by atoms with Gasteiger partial charge in [-0.1, -0.05) is 36.0 Å². The summed E-state index contributed by atoms with van der Waals surface area (Å²) in [7, 11) is 0. The van der Waals surface area contributed by atoms with E-state index >= 15 is 0 Å². The molecule has 2 aliphatic rings. The summed E-state index contributed by atoms with van der Waals surface area (Å²) in [4.78, 5) is 0. The van der Waals surface area contributed by atoms with Crippen LogP contribution in [0.5, 0.6) is 0 Å². The first-order chi connectivity index (χ1) is 10.9. The predicted molar refractivity (Wildman–Crippen MR) is 84.8 cm³/mol. The maximum atomic E-state index is 5.70. The Balaban J connectivity index is 1.51. The van der Waals surface area contributed by atoms with Gasteiger partial charge < -0.3 is 4.74 Å². The number of thioether (sulfide) groups is 1. The Labute approximate surface area is 134 Å². The van der Waals surface area contributed by atoms with Crippen molar-refractivity contribution in [3.63, 3.8) is 0 Å². The minimum Gasteiger partial charge on any atom is -0.376 e. The van der Waals surface area contributed by atoms with Crippen LogP contribution in [-0.2, 0) is 17.7 Å². The molecule has 1 saturated heterocycles. The highest BCUT2D eigenvalue weighted by molar-refractivity contribution is 7.99. The number of aromatic nitrogens is 4. The molecule has 116 valence electrons. The molecule has 4 rings (SSSR count). The van der Waals surface area contributed by atoms with Crippen molar-refractivity contribution in [1.82, 2.24) is 20.2 Å². The molecule has 2 aromatic rings. The molecule has 0 N–H and O–H groups in total. The van der Waals surface area contributed by atoms with Crippen LogP contribution in [-0.4, -0.2) is 32.9 Å². The first-order valence-electron chi connectivity index (χ1n) is 8.02. The Bertz CT molecular complexity index is 639. The molecule has 0 spiro atoms. The molecule has 1 aliphatic heterocycles. The van der Waals surface area contributed by atoms with Crippen LogP contribution < -0.4 is 0 Å². The van der Waals surface area contributed by atoms with Gasteiger partial charge >= 0.3 is 0 Å². The van der Waals surface area contributed by atoms with Crippen LogP contribution in [0, 0.1) is 0 Å². The van der Waals surface area contributed by atoms with Gasteiger partial charge in [0.05, 0.1) is 12.6 Å². The number of fused-ring (bicyclic) bond motifs is 1. The van der Waals surface area contributed by atoms with E-state index in [9.17, 15) is 0 Å².